The molecule has 3 aromatic rings. The van der Waals surface area contributed by atoms with Gasteiger partial charge in [0.25, 0.3) is 0 Å². The Hall–Kier alpha value is -2.37. The SMILES string of the molecule is Clc1ccc(Nc2nncc(NCCc3cccc(Cl)c3)n2)cc1. The van der Waals surface area contributed by atoms with Crippen LogP contribution >= 0.6 is 23.2 Å². The van der Waals surface area contributed by atoms with Crippen molar-refractivity contribution >= 4 is 40.7 Å². The van der Waals surface area contributed by atoms with E-state index in [9.17, 15) is 0 Å². The molecule has 0 saturated heterocycles. The number of hydrogen-bond donors (Lipinski definition) is 2. The fourth-order valence-corrected chi connectivity index (χ4v) is 2.47. The molecule has 1 heterocycles. The van der Waals surface area contributed by atoms with E-state index in [-0.39, 0.29) is 0 Å². The van der Waals surface area contributed by atoms with Crippen LogP contribution in [0.1, 0.15) is 5.56 Å². The highest BCUT2D eigenvalue weighted by Crippen LogP contribution is 2.17. The molecular weight excluding hydrogens is 345 g/mol. The number of rotatable bonds is 6. The third-order valence-corrected chi connectivity index (χ3v) is 3.76. The molecule has 0 saturated carbocycles. The van der Waals surface area contributed by atoms with Crippen molar-refractivity contribution in [1.29, 1.82) is 0 Å². The van der Waals surface area contributed by atoms with Gasteiger partial charge in [0.15, 0.2) is 5.82 Å². The van der Waals surface area contributed by atoms with E-state index in [4.69, 9.17) is 23.2 Å². The molecule has 0 aliphatic heterocycles. The molecular formula is C17H15Cl2N5. The zero-order valence-corrected chi connectivity index (χ0v) is 14.2. The Bertz CT molecular complexity index is 808. The molecule has 7 heteroatoms. The van der Waals surface area contributed by atoms with Crippen LogP contribution in [0.3, 0.4) is 0 Å². The van der Waals surface area contributed by atoms with Gasteiger partial charge in [0.05, 0.1) is 6.20 Å². The Labute approximate surface area is 150 Å². The van der Waals surface area contributed by atoms with Crippen LogP contribution in [0.25, 0.3) is 0 Å². The number of aromatic nitrogens is 3. The van der Waals surface area contributed by atoms with Gasteiger partial charge < -0.3 is 10.6 Å². The summed E-state index contributed by atoms with van der Waals surface area (Å²) in [6, 6.07) is 15.1. The molecule has 2 N–H and O–H groups in total. The Kier molecular flexibility index (Phi) is 5.46. The van der Waals surface area contributed by atoms with Crippen LogP contribution in [0.15, 0.2) is 54.7 Å². The Morgan fingerprint density at radius 1 is 0.958 bits per heavy atom. The van der Waals surface area contributed by atoms with Gasteiger partial charge in [-0.15, -0.1) is 5.10 Å². The number of benzene rings is 2. The topological polar surface area (TPSA) is 62.7 Å². The number of nitrogens with zero attached hydrogens (tertiary/aromatic N) is 3. The van der Waals surface area contributed by atoms with E-state index >= 15 is 0 Å². The number of anilines is 3. The molecule has 0 amide bonds. The second-order valence-corrected chi connectivity index (χ2v) is 5.98. The van der Waals surface area contributed by atoms with Gasteiger partial charge in [-0.3, -0.25) is 0 Å². The Morgan fingerprint density at radius 3 is 2.58 bits per heavy atom. The molecule has 24 heavy (non-hydrogen) atoms. The fourth-order valence-electron chi connectivity index (χ4n) is 2.13. The average Bonchev–Trinajstić information content (AvgIpc) is 2.58. The lowest BCUT2D eigenvalue weighted by Gasteiger charge is -2.08. The molecule has 0 unspecified atom stereocenters. The van der Waals surface area contributed by atoms with Crippen molar-refractivity contribution in [1.82, 2.24) is 15.2 Å². The smallest absolute Gasteiger partial charge is 0.249 e. The lowest BCUT2D eigenvalue weighted by atomic mass is 10.1. The average molecular weight is 360 g/mol. The quantitative estimate of drug-likeness (QED) is 0.674. The second-order valence-electron chi connectivity index (χ2n) is 5.10. The van der Waals surface area contributed by atoms with Gasteiger partial charge in [-0.25, -0.2) is 0 Å². The molecule has 2 aromatic carbocycles. The van der Waals surface area contributed by atoms with Crippen LogP contribution in [-0.4, -0.2) is 21.7 Å². The number of hydrogen-bond acceptors (Lipinski definition) is 5. The lowest BCUT2D eigenvalue weighted by molar-refractivity contribution is 0.950. The molecule has 0 aliphatic carbocycles. The summed E-state index contributed by atoms with van der Waals surface area (Å²) in [6.45, 7) is 0.722. The molecule has 122 valence electrons. The minimum atomic E-state index is 0.421. The Balaban J connectivity index is 1.57. The van der Waals surface area contributed by atoms with Crippen LogP contribution in [0.2, 0.25) is 10.0 Å². The minimum Gasteiger partial charge on any atom is -0.368 e. The van der Waals surface area contributed by atoms with Gasteiger partial charge in [0.2, 0.25) is 5.95 Å². The summed E-state index contributed by atoms with van der Waals surface area (Å²) in [4.78, 5) is 4.38. The highest BCUT2D eigenvalue weighted by atomic mass is 35.5. The predicted molar refractivity (Wildman–Crippen MR) is 98.2 cm³/mol. The predicted octanol–water partition coefficient (Wildman–Crippen LogP) is 4.58. The zero-order chi connectivity index (χ0) is 16.8. The summed E-state index contributed by atoms with van der Waals surface area (Å²) in [6.07, 6.45) is 2.43. The van der Waals surface area contributed by atoms with Crippen LogP contribution in [0.4, 0.5) is 17.5 Å². The first-order valence-electron chi connectivity index (χ1n) is 7.40. The molecule has 3 rings (SSSR count). The van der Waals surface area contributed by atoms with Gasteiger partial charge in [0, 0.05) is 22.3 Å². The maximum absolute atomic E-state index is 5.98. The normalized spacial score (nSPS) is 10.4. The molecule has 0 atom stereocenters. The largest absolute Gasteiger partial charge is 0.368 e. The minimum absolute atomic E-state index is 0.421. The van der Waals surface area contributed by atoms with Crippen molar-refractivity contribution in [3.05, 3.63) is 70.3 Å². The molecule has 1 aromatic heterocycles. The molecule has 5 nitrogen and oxygen atoms in total. The Morgan fingerprint density at radius 2 is 1.79 bits per heavy atom. The van der Waals surface area contributed by atoms with E-state index in [1.807, 2.05) is 36.4 Å². The van der Waals surface area contributed by atoms with E-state index in [1.54, 1.807) is 18.3 Å². The van der Waals surface area contributed by atoms with Gasteiger partial charge in [-0.2, -0.15) is 10.1 Å². The summed E-state index contributed by atoms with van der Waals surface area (Å²) in [5.74, 6) is 1.08. The van der Waals surface area contributed by atoms with Gasteiger partial charge in [-0.1, -0.05) is 35.3 Å². The van der Waals surface area contributed by atoms with Gasteiger partial charge in [-0.05, 0) is 48.4 Å². The molecule has 0 bridgehead atoms. The number of halogens is 2. The third-order valence-electron chi connectivity index (χ3n) is 3.27. The monoisotopic (exact) mass is 359 g/mol. The standard InChI is InChI=1S/C17H15Cl2N5/c18-13-4-6-15(7-5-13)22-17-23-16(11-21-24-17)20-9-8-12-2-1-3-14(19)10-12/h1-7,10-11H,8-9H2,(H2,20,22,23,24). The number of nitrogens with one attached hydrogen (secondary N) is 2. The highest BCUT2D eigenvalue weighted by molar-refractivity contribution is 6.30. The van der Waals surface area contributed by atoms with Crippen molar-refractivity contribution in [3.8, 4) is 0 Å². The first-order chi connectivity index (χ1) is 11.7. The second kappa shape index (κ2) is 7.95. The van der Waals surface area contributed by atoms with Crippen molar-refractivity contribution in [3.63, 3.8) is 0 Å². The highest BCUT2D eigenvalue weighted by Gasteiger charge is 2.02. The van der Waals surface area contributed by atoms with Crippen molar-refractivity contribution in [2.24, 2.45) is 0 Å². The summed E-state index contributed by atoms with van der Waals surface area (Å²) in [7, 11) is 0. The van der Waals surface area contributed by atoms with Crippen LogP contribution < -0.4 is 10.6 Å². The first kappa shape index (κ1) is 16.5. The fraction of sp³-hybridized carbons (Fsp3) is 0.118. The maximum atomic E-state index is 5.98. The first-order valence-corrected chi connectivity index (χ1v) is 8.15. The van der Waals surface area contributed by atoms with Crippen LogP contribution in [0.5, 0.6) is 0 Å². The molecule has 0 aliphatic rings. The molecule has 0 radical (unpaired) electrons. The lowest BCUT2D eigenvalue weighted by Crippen LogP contribution is -2.08. The van der Waals surface area contributed by atoms with Crippen LogP contribution in [-0.2, 0) is 6.42 Å². The molecule has 0 fully saturated rings. The summed E-state index contributed by atoms with van der Waals surface area (Å²) in [5, 5.41) is 15.7. The maximum Gasteiger partial charge on any atom is 0.249 e. The van der Waals surface area contributed by atoms with E-state index in [0.29, 0.717) is 16.8 Å². The van der Waals surface area contributed by atoms with Gasteiger partial charge >= 0.3 is 0 Å². The van der Waals surface area contributed by atoms with Crippen molar-refractivity contribution in [2.75, 3.05) is 17.2 Å². The summed E-state index contributed by atoms with van der Waals surface area (Å²) >= 11 is 11.8. The van der Waals surface area contributed by atoms with E-state index < -0.39 is 0 Å². The van der Waals surface area contributed by atoms with E-state index in [0.717, 1.165) is 29.2 Å². The van der Waals surface area contributed by atoms with Crippen molar-refractivity contribution in [2.45, 2.75) is 6.42 Å². The summed E-state index contributed by atoms with van der Waals surface area (Å²) < 4.78 is 0. The van der Waals surface area contributed by atoms with E-state index in [1.165, 1.54) is 0 Å². The van der Waals surface area contributed by atoms with E-state index in [2.05, 4.69) is 25.8 Å². The molecule has 0 spiro atoms. The summed E-state index contributed by atoms with van der Waals surface area (Å²) in [5.41, 5.74) is 2.01. The van der Waals surface area contributed by atoms with Crippen LogP contribution in [0, 0.1) is 0 Å². The van der Waals surface area contributed by atoms with Crippen molar-refractivity contribution < 1.29 is 0 Å². The van der Waals surface area contributed by atoms with Gasteiger partial charge in [0.1, 0.15) is 0 Å². The third kappa shape index (κ3) is 4.81. The zero-order valence-electron chi connectivity index (χ0n) is 12.7.